The Morgan fingerprint density at radius 3 is 2.27 bits per heavy atom. The summed E-state index contributed by atoms with van der Waals surface area (Å²) in [5.74, 6) is -0.0869. The number of rotatable bonds is 5. The third-order valence-electron chi connectivity index (χ3n) is 2.90. The molecule has 114 valence electrons. The van der Waals surface area contributed by atoms with Crippen molar-refractivity contribution in [3.05, 3.63) is 59.1 Å². The molecule has 0 atom stereocenters. The quantitative estimate of drug-likeness (QED) is 0.661. The fraction of sp³-hybridized carbons (Fsp3) is 0.176. The molecule has 2 aromatic rings. The molecule has 0 aromatic heterocycles. The number of esters is 1. The van der Waals surface area contributed by atoms with Crippen molar-refractivity contribution >= 4 is 29.2 Å². The summed E-state index contributed by atoms with van der Waals surface area (Å²) in [4.78, 5) is 23.5. The summed E-state index contributed by atoms with van der Waals surface area (Å²) in [5.41, 5.74) is 1.14. The van der Waals surface area contributed by atoms with Crippen LogP contribution in [-0.2, 0) is 4.79 Å². The largest absolute Gasteiger partial charge is 0.427 e. The number of carbonyl (C=O) groups excluding carboxylic acids is 2. The van der Waals surface area contributed by atoms with E-state index in [0.29, 0.717) is 28.4 Å². The Labute approximate surface area is 134 Å². The van der Waals surface area contributed by atoms with Gasteiger partial charge in [-0.3, -0.25) is 9.59 Å². The molecule has 2 aromatic carbocycles. The van der Waals surface area contributed by atoms with Crippen molar-refractivity contribution in [3.63, 3.8) is 0 Å². The van der Waals surface area contributed by atoms with Gasteiger partial charge in [-0.1, -0.05) is 18.5 Å². The lowest BCUT2D eigenvalue weighted by Crippen LogP contribution is -2.12. The van der Waals surface area contributed by atoms with Gasteiger partial charge in [-0.2, -0.15) is 0 Å². The van der Waals surface area contributed by atoms with E-state index in [9.17, 15) is 9.59 Å². The third kappa shape index (κ3) is 4.60. The summed E-state index contributed by atoms with van der Waals surface area (Å²) in [6.45, 7) is 1.91. The molecule has 0 saturated carbocycles. The van der Waals surface area contributed by atoms with Crippen LogP contribution in [0.4, 0.5) is 5.69 Å². The maximum absolute atomic E-state index is 12.1. The van der Waals surface area contributed by atoms with Crippen LogP contribution in [0.2, 0.25) is 5.02 Å². The van der Waals surface area contributed by atoms with Gasteiger partial charge in [-0.25, -0.2) is 0 Å². The van der Waals surface area contributed by atoms with Crippen LogP contribution in [0.1, 0.15) is 30.1 Å². The highest BCUT2D eigenvalue weighted by Gasteiger charge is 2.08. The number of nitrogens with one attached hydrogen (secondary N) is 1. The van der Waals surface area contributed by atoms with E-state index in [-0.39, 0.29) is 11.9 Å². The molecule has 0 aliphatic carbocycles. The molecular weight excluding hydrogens is 302 g/mol. The SMILES string of the molecule is CCCC(=O)Oc1ccc(C(=O)Nc2ccc(Cl)cc2)cc1. The minimum absolute atomic E-state index is 0.242. The monoisotopic (exact) mass is 317 g/mol. The lowest BCUT2D eigenvalue weighted by molar-refractivity contribution is -0.134. The van der Waals surface area contributed by atoms with Gasteiger partial charge in [0, 0.05) is 22.7 Å². The second-order valence-electron chi connectivity index (χ2n) is 4.71. The van der Waals surface area contributed by atoms with Crippen molar-refractivity contribution in [3.8, 4) is 5.75 Å². The zero-order valence-electron chi connectivity index (χ0n) is 12.1. The van der Waals surface area contributed by atoms with Gasteiger partial charge >= 0.3 is 5.97 Å². The van der Waals surface area contributed by atoms with Crippen LogP contribution in [0.3, 0.4) is 0 Å². The molecule has 22 heavy (non-hydrogen) atoms. The standard InChI is InChI=1S/C17H16ClNO3/c1-2-3-16(20)22-15-10-4-12(5-11-15)17(21)19-14-8-6-13(18)7-9-14/h4-11H,2-3H2,1H3,(H,19,21). The normalized spacial score (nSPS) is 10.1. The van der Waals surface area contributed by atoms with Crippen LogP contribution in [-0.4, -0.2) is 11.9 Å². The Hall–Kier alpha value is -2.33. The van der Waals surface area contributed by atoms with Gasteiger partial charge in [-0.05, 0) is 55.0 Å². The molecule has 0 unspecified atom stereocenters. The number of benzene rings is 2. The Balaban J connectivity index is 1.98. The second-order valence-corrected chi connectivity index (χ2v) is 5.15. The van der Waals surface area contributed by atoms with Crippen LogP contribution < -0.4 is 10.1 Å². The summed E-state index contributed by atoms with van der Waals surface area (Å²) in [6, 6.07) is 13.3. The number of hydrogen-bond donors (Lipinski definition) is 1. The maximum atomic E-state index is 12.1. The molecule has 1 N–H and O–H groups in total. The van der Waals surface area contributed by atoms with Crippen molar-refractivity contribution in [2.75, 3.05) is 5.32 Å². The topological polar surface area (TPSA) is 55.4 Å². The van der Waals surface area contributed by atoms with Crippen LogP contribution in [0.25, 0.3) is 0 Å². The minimum atomic E-state index is -0.277. The Bertz CT molecular complexity index is 651. The summed E-state index contributed by atoms with van der Waals surface area (Å²) in [5, 5.41) is 3.37. The second kappa shape index (κ2) is 7.61. The molecule has 0 aliphatic rings. The van der Waals surface area contributed by atoms with Crippen molar-refractivity contribution in [2.24, 2.45) is 0 Å². The first kappa shape index (κ1) is 16.0. The van der Waals surface area contributed by atoms with Gasteiger partial charge in [0.15, 0.2) is 0 Å². The van der Waals surface area contributed by atoms with E-state index >= 15 is 0 Å². The van der Waals surface area contributed by atoms with Gasteiger partial charge in [-0.15, -0.1) is 0 Å². The van der Waals surface area contributed by atoms with Gasteiger partial charge in [0.1, 0.15) is 5.75 Å². The smallest absolute Gasteiger partial charge is 0.311 e. The summed E-state index contributed by atoms with van der Waals surface area (Å²) in [6.07, 6.45) is 1.11. The van der Waals surface area contributed by atoms with Crippen LogP contribution in [0.5, 0.6) is 5.75 Å². The first-order valence-electron chi connectivity index (χ1n) is 6.96. The van der Waals surface area contributed by atoms with E-state index in [2.05, 4.69) is 5.32 Å². The first-order valence-corrected chi connectivity index (χ1v) is 7.34. The highest BCUT2D eigenvalue weighted by atomic mass is 35.5. The average molecular weight is 318 g/mol. The van der Waals surface area contributed by atoms with Crippen molar-refractivity contribution in [2.45, 2.75) is 19.8 Å². The van der Waals surface area contributed by atoms with Crippen LogP contribution in [0.15, 0.2) is 48.5 Å². The Morgan fingerprint density at radius 2 is 1.68 bits per heavy atom. The third-order valence-corrected chi connectivity index (χ3v) is 3.16. The zero-order chi connectivity index (χ0) is 15.9. The number of amides is 1. The average Bonchev–Trinajstić information content (AvgIpc) is 2.50. The van der Waals surface area contributed by atoms with E-state index in [1.807, 2.05) is 6.92 Å². The molecule has 0 fully saturated rings. The molecule has 0 aliphatic heterocycles. The van der Waals surface area contributed by atoms with E-state index in [1.54, 1.807) is 48.5 Å². The fourth-order valence-corrected chi connectivity index (χ4v) is 1.92. The Morgan fingerprint density at radius 1 is 1.05 bits per heavy atom. The molecule has 0 bridgehead atoms. The Kier molecular flexibility index (Phi) is 5.55. The molecule has 0 spiro atoms. The number of carbonyl (C=O) groups is 2. The zero-order valence-corrected chi connectivity index (χ0v) is 12.9. The van der Waals surface area contributed by atoms with Crippen LogP contribution >= 0.6 is 11.6 Å². The highest BCUT2D eigenvalue weighted by molar-refractivity contribution is 6.30. The predicted molar refractivity (Wildman–Crippen MR) is 86.4 cm³/mol. The summed E-state index contributed by atoms with van der Waals surface area (Å²) >= 11 is 5.79. The molecule has 0 heterocycles. The molecule has 0 radical (unpaired) electrons. The molecule has 0 saturated heterocycles. The van der Waals surface area contributed by atoms with Gasteiger partial charge in [0.25, 0.3) is 5.91 Å². The summed E-state index contributed by atoms with van der Waals surface area (Å²) in [7, 11) is 0. The maximum Gasteiger partial charge on any atom is 0.311 e. The van der Waals surface area contributed by atoms with Crippen molar-refractivity contribution in [1.82, 2.24) is 0 Å². The lowest BCUT2D eigenvalue weighted by atomic mass is 10.2. The molecule has 5 heteroatoms. The number of halogens is 1. The van der Waals surface area contributed by atoms with E-state index in [0.717, 1.165) is 6.42 Å². The fourth-order valence-electron chi connectivity index (χ4n) is 1.80. The molecular formula is C17H16ClNO3. The predicted octanol–water partition coefficient (Wildman–Crippen LogP) is 4.30. The lowest BCUT2D eigenvalue weighted by Gasteiger charge is -2.07. The molecule has 1 amide bonds. The van der Waals surface area contributed by atoms with Gasteiger partial charge in [0.05, 0.1) is 0 Å². The summed E-state index contributed by atoms with van der Waals surface area (Å²) < 4.78 is 5.14. The van der Waals surface area contributed by atoms with E-state index in [1.165, 1.54) is 0 Å². The number of ether oxygens (including phenoxy) is 1. The number of anilines is 1. The van der Waals surface area contributed by atoms with Crippen molar-refractivity contribution < 1.29 is 14.3 Å². The van der Waals surface area contributed by atoms with Gasteiger partial charge in [0.2, 0.25) is 0 Å². The van der Waals surface area contributed by atoms with E-state index < -0.39 is 0 Å². The molecule has 4 nitrogen and oxygen atoms in total. The van der Waals surface area contributed by atoms with E-state index in [4.69, 9.17) is 16.3 Å². The van der Waals surface area contributed by atoms with Gasteiger partial charge < -0.3 is 10.1 Å². The van der Waals surface area contributed by atoms with Crippen LogP contribution in [0, 0.1) is 0 Å². The minimum Gasteiger partial charge on any atom is -0.427 e. The highest BCUT2D eigenvalue weighted by Crippen LogP contribution is 2.16. The number of hydrogen-bond acceptors (Lipinski definition) is 3. The van der Waals surface area contributed by atoms with Crippen molar-refractivity contribution in [1.29, 1.82) is 0 Å². The molecule has 2 rings (SSSR count). The first-order chi connectivity index (χ1) is 10.6.